The van der Waals surface area contributed by atoms with Crippen LogP contribution in [0.4, 0.5) is 10.2 Å². The summed E-state index contributed by atoms with van der Waals surface area (Å²) in [5, 5.41) is 22.5. The number of aromatic nitrogens is 1. The number of pyridine rings is 1. The molecule has 1 aromatic heterocycles. The quantitative estimate of drug-likeness (QED) is 0.401. The number of azide groups is 1. The lowest BCUT2D eigenvalue weighted by atomic mass is 10.0. The number of aliphatic hydroxyl groups excluding tert-OH is 2. The van der Waals surface area contributed by atoms with Crippen LogP contribution in [0.15, 0.2) is 17.4 Å². The van der Waals surface area contributed by atoms with Crippen molar-refractivity contribution in [1.82, 2.24) is 4.98 Å². The topological polar surface area (TPSA) is 128 Å². The Kier molecular flexibility index (Phi) is 4.65. The van der Waals surface area contributed by atoms with Gasteiger partial charge in [-0.05, 0) is 18.0 Å². The number of halogens is 1. The molecule has 2 unspecified atom stereocenters. The van der Waals surface area contributed by atoms with Crippen LogP contribution in [0, 0.1) is 5.82 Å². The molecule has 8 heteroatoms. The largest absolute Gasteiger partial charge is 0.390 e. The van der Waals surface area contributed by atoms with E-state index in [0.717, 1.165) is 12.3 Å². The molecule has 1 aromatic rings. The second-order valence-corrected chi connectivity index (χ2v) is 3.38. The van der Waals surface area contributed by atoms with Crippen molar-refractivity contribution >= 4 is 5.82 Å². The van der Waals surface area contributed by atoms with Crippen LogP contribution in [0.1, 0.15) is 18.1 Å². The lowest BCUT2D eigenvalue weighted by Crippen LogP contribution is -2.20. The summed E-state index contributed by atoms with van der Waals surface area (Å²) in [6.07, 6.45) is -1.61. The van der Waals surface area contributed by atoms with Gasteiger partial charge in [0.15, 0.2) is 0 Å². The fourth-order valence-corrected chi connectivity index (χ4v) is 1.30. The van der Waals surface area contributed by atoms with Crippen molar-refractivity contribution in [2.24, 2.45) is 5.11 Å². The van der Waals surface area contributed by atoms with Crippen molar-refractivity contribution in [1.29, 1.82) is 0 Å². The Hall–Kier alpha value is -1.89. The monoisotopic (exact) mass is 241 g/mol. The van der Waals surface area contributed by atoms with Crippen LogP contribution in [0.2, 0.25) is 0 Å². The zero-order valence-electron chi connectivity index (χ0n) is 8.86. The molecule has 0 aliphatic rings. The van der Waals surface area contributed by atoms with Crippen LogP contribution < -0.4 is 5.73 Å². The third-order valence-corrected chi connectivity index (χ3v) is 2.19. The van der Waals surface area contributed by atoms with Crippen LogP contribution in [0.25, 0.3) is 10.4 Å². The van der Waals surface area contributed by atoms with E-state index >= 15 is 0 Å². The van der Waals surface area contributed by atoms with E-state index in [4.69, 9.17) is 11.3 Å². The molecule has 4 N–H and O–H groups in total. The summed E-state index contributed by atoms with van der Waals surface area (Å²) in [6, 6.07) is 1.00. The predicted molar refractivity (Wildman–Crippen MR) is 58.2 cm³/mol. The van der Waals surface area contributed by atoms with Gasteiger partial charge in [-0.3, -0.25) is 0 Å². The number of hydrogen-bond donors (Lipinski definition) is 3. The maximum Gasteiger partial charge on any atom is 0.142 e. The minimum atomic E-state index is -1.37. The van der Waals surface area contributed by atoms with Crippen LogP contribution in [-0.2, 0) is 0 Å². The van der Waals surface area contributed by atoms with Gasteiger partial charge in [0.1, 0.15) is 17.7 Å². The lowest BCUT2D eigenvalue weighted by molar-refractivity contribution is 0.0151. The van der Waals surface area contributed by atoms with Crippen LogP contribution in [0.3, 0.4) is 0 Å². The van der Waals surface area contributed by atoms with E-state index in [1.54, 1.807) is 0 Å². The summed E-state index contributed by atoms with van der Waals surface area (Å²) in [4.78, 5) is 6.03. The zero-order chi connectivity index (χ0) is 12.8. The van der Waals surface area contributed by atoms with Gasteiger partial charge in [0, 0.05) is 17.0 Å². The standard InChI is InChI=1S/C9H12FN5O2/c10-5-3-6(9(11)13-4-5)8(17)7(16)1-2-14-15-12/h3-4,7-8,16-17H,1-2H2,(H2,11,13). The number of nitrogen functional groups attached to an aromatic ring is 1. The maximum atomic E-state index is 12.9. The molecule has 0 aromatic carbocycles. The molecule has 1 rings (SSSR count). The second kappa shape index (κ2) is 6.00. The SMILES string of the molecule is [N-]=[N+]=NCCC(O)C(O)c1cc(F)cnc1N. The van der Waals surface area contributed by atoms with Gasteiger partial charge in [0.25, 0.3) is 0 Å². The average Bonchev–Trinajstić information content (AvgIpc) is 2.31. The number of aliphatic hydroxyl groups is 2. The third-order valence-electron chi connectivity index (χ3n) is 2.19. The van der Waals surface area contributed by atoms with Crippen LogP contribution in [0.5, 0.6) is 0 Å². The second-order valence-electron chi connectivity index (χ2n) is 3.38. The fourth-order valence-electron chi connectivity index (χ4n) is 1.30. The number of nitrogens with zero attached hydrogens (tertiary/aromatic N) is 4. The number of nitrogens with two attached hydrogens (primary N) is 1. The molecule has 1 heterocycles. The first-order valence-corrected chi connectivity index (χ1v) is 4.84. The van der Waals surface area contributed by atoms with Crippen molar-refractivity contribution in [2.45, 2.75) is 18.6 Å². The highest BCUT2D eigenvalue weighted by atomic mass is 19.1. The van der Waals surface area contributed by atoms with Gasteiger partial charge < -0.3 is 15.9 Å². The summed E-state index contributed by atoms with van der Waals surface area (Å²) in [5.74, 6) is -0.711. The first-order valence-electron chi connectivity index (χ1n) is 4.84. The van der Waals surface area contributed by atoms with Gasteiger partial charge in [-0.15, -0.1) is 0 Å². The molecular formula is C9H12FN5O2. The van der Waals surface area contributed by atoms with Gasteiger partial charge in [0.05, 0.1) is 12.3 Å². The van der Waals surface area contributed by atoms with Crippen molar-refractivity contribution in [3.63, 3.8) is 0 Å². The highest BCUT2D eigenvalue weighted by molar-refractivity contribution is 5.40. The minimum absolute atomic E-state index is 0.0124. The normalized spacial score (nSPS) is 13.8. The van der Waals surface area contributed by atoms with E-state index in [-0.39, 0.29) is 24.3 Å². The highest BCUT2D eigenvalue weighted by Crippen LogP contribution is 2.23. The minimum Gasteiger partial charge on any atom is -0.390 e. The van der Waals surface area contributed by atoms with Gasteiger partial charge in [-0.1, -0.05) is 5.11 Å². The van der Waals surface area contributed by atoms with E-state index in [2.05, 4.69) is 15.0 Å². The number of rotatable bonds is 5. The van der Waals surface area contributed by atoms with Crippen molar-refractivity contribution in [2.75, 3.05) is 12.3 Å². The lowest BCUT2D eigenvalue weighted by Gasteiger charge is -2.18. The zero-order valence-corrected chi connectivity index (χ0v) is 8.86. The molecule has 0 aliphatic carbocycles. The van der Waals surface area contributed by atoms with Crippen molar-refractivity contribution in [3.8, 4) is 0 Å². The first kappa shape index (κ1) is 13.2. The molecule has 17 heavy (non-hydrogen) atoms. The summed E-state index contributed by atoms with van der Waals surface area (Å²) in [5.41, 5.74) is 13.5. The predicted octanol–water partition coefficient (Wildman–Crippen LogP) is 0.898. The van der Waals surface area contributed by atoms with Gasteiger partial charge in [-0.25, -0.2) is 9.37 Å². The highest BCUT2D eigenvalue weighted by Gasteiger charge is 2.21. The molecule has 0 spiro atoms. The average molecular weight is 241 g/mol. The third kappa shape index (κ3) is 3.56. The van der Waals surface area contributed by atoms with E-state index in [1.165, 1.54) is 0 Å². The molecular weight excluding hydrogens is 229 g/mol. The Labute approximate surface area is 96.3 Å². The molecule has 0 fully saturated rings. The molecule has 0 amide bonds. The van der Waals surface area contributed by atoms with Crippen molar-refractivity contribution < 1.29 is 14.6 Å². The Bertz CT molecular complexity index is 435. The Morgan fingerprint density at radius 3 is 2.94 bits per heavy atom. The van der Waals surface area contributed by atoms with Gasteiger partial charge >= 0.3 is 0 Å². The fraction of sp³-hybridized carbons (Fsp3) is 0.444. The summed E-state index contributed by atoms with van der Waals surface area (Å²) in [6.45, 7) is 0.0252. The van der Waals surface area contributed by atoms with E-state index in [1.807, 2.05) is 0 Å². The van der Waals surface area contributed by atoms with Gasteiger partial charge in [-0.2, -0.15) is 0 Å². The van der Waals surface area contributed by atoms with Crippen LogP contribution >= 0.6 is 0 Å². The summed E-state index contributed by atoms with van der Waals surface area (Å²) in [7, 11) is 0. The molecule has 0 radical (unpaired) electrons. The Morgan fingerprint density at radius 1 is 1.59 bits per heavy atom. The van der Waals surface area contributed by atoms with E-state index in [0.29, 0.717) is 0 Å². The van der Waals surface area contributed by atoms with E-state index in [9.17, 15) is 14.6 Å². The molecule has 0 aliphatic heterocycles. The van der Waals surface area contributed by atoms with Crippen LogP contribution in [-0.4, -0.2) is 27.8 Å². The number of anilines is 1. The smallest absolute Gasteiger partial charge is 0.142 e. The molecule has 92 valence electrons. The molecule has 7 nitrogen and oxygen atoms in total. The Morgan fingerprint density at radius 2 is 2.29 bits per heavy atom. The van der Waals surface area contributed by atoms with E-state index < -0.39 is 18.0 Å². The molecule has 0 saturated heterocycles. The maximum absolute atomic E-state index is 12.9. The Balaban J connectivity index is 2.76. The first-order chi connectivity index (χ1) is 8.06. The summed E-state index contributed by atoms with van der Waals surface area (Å²) >= 11 is 0. The molecule has 2 atom stereocenters. The molecule has 0 saturated carbocycles. The summed E-state index contributed by atoms with van der Waals surface area (Å²) < 4.78 is 12.9. The van der Waals surface area contributed by atoms with Gasteiger partial charge in [0.2, 0.25) is 0 Å². The number of hydrogen-bond acceptors (Lipinski definition) is 5. The van der Waals surface area contributed by atoms with Crippen molar-refractivity contribution in [3.05, 3.63) is 34.1 Å². The molecule has 0 bridgehead atoms.